The standard InChI is InChI=1S/C15H18N2O3S/c1-9(2)6-14(18)16-15-17(3)10-7-11-12(8-13(10)21-15)20-5-4-19-11/h7-9H,4-6H2,1-3H3. The molecule has 1 aliphatic heterocycles. The Kier molecular flexibility index (Phi) is 3.71. The van der Waals surface area contributed by atoms with E-state index in [1.165, 1.54) is 11.3 Å². The molecule has 2 aromatic rings. The maximum absolute atomic E-state index is 11.9. The lowest BCUT2D eigenvalue weighted by molar-refractivity contribution is -0.118. The van der Waals surface area contributed by atoms with Crippen LogP contribution in [0.15, 0.2) is 17.1 Å². The molecular weight excluding hydrogens is 288 g/mol. The summed E-state index contributed by atoms with van der Waals surface area (Å²) in [5.41, 5.74) is 1.00. The van der Waals surface area contributed by atoms with Crippen LogP contribution in [0, 0.1) is 5.92 Å². The molecule has 0 atom stereocenters. The van der Waals surface area contributed by atoms with Gasteiger partial charge in [0, 0.05) is 25.6 Å². The van der Waals surface area contributed by atoms with Crippen LogP contribution in [-0.4, -0.2) is 23.7 Å². The predicted molar refractivity (Wildman–Crippen MR) is 81.8 cm³/mol. The molecule has 1 aromatic carbocycles. The Morgan fingerprint density at radius 2 is 2.00 bits per heavy atom. The highest BCUT2D eigenvalue weighted by atomic mass is 32.1. The van der Waals surface area contributed by atoms with Gasteiger partial charge in [-0.1, -0.05) is 25.2 Å². The summed E-state index contributed by atoms with van der Waals surface area (Å²) in [6, 6.07) is 3.91. The fourth-order valence-electron chi connectivity index (χ4n) is 2.27. The van der Waals surface area contributed by atoms with Crippen LogP contribution in [0.5, 0.6) is 11.5 Å². The van der Waals surface area contributed by atoms with Crippen LogP contribution >= 0.6 is 11.3 Å². The smallest absolute Gasteiger partial charge is 0.248 e. The van der Waals surface area contributed by atoms with Gasteiger partial charge in [-0.2, -0.15) is 4.99 Å². The summed E-state index contributed by atoms with van der Waals surface area (Å²) in [5, 5.41) is 0. The SMILES string of the molecule is CC(C)CC(=O)N=c1sc2cc3c(cc2n1C)OCCO3. The summed E-state index contributed by atoms with van der Waals surface area (Å²) in [7, 11) is 1.91. The lowest BCUT2D eigenvalue weighted by Gasteiger charge is -2.18. The van der Waals surface area contributed by atoms with E-state index in [1.54, 1.807) is 0 Å². The molecule has 0 N–H and O–H groups in total. The Bertz CT molecular complexity index is 758. The number of carbonyl (C=O) groups is 1. The van der Waals surface area contributed by atoms with Crippen LogP contribution in [0.4, 0.5) is 0 Å². The number of carbonyl (C=O) groups excluding carboxylic acids is 1. The number of hydrogen-bond acceptors (Lipinski definition) is 4. The summed E-state index contributed by atoms with van der Waals surface area (Å²) in [4.78, 5) is 16.8. The zero-order chi connectivity index (χ0) is 15.0. The van der Waals surface area contributed by atoms with Crippen LogP contribution in [0.25, 0.3) is 10.2 Å². The number of nitrogens with zero attached hydrogens (tertiary/aromatic N) is 2. The van der Waals surface area contributed by atoms with Gasteiger partial charge in [0.25, 0.3) is 0 Å². The van der Waals surface area contributed by atoms with Gasteiger partial charge >= 0.3 is 0 Å². The lowest BCUT2D eigenvalue weighted by Crippen LogP contribution is -2.16. The summed E-state index contributed by atoms with van der Waals surface area (Å²) in [5.74, 6) is 1.75. The van der Waals surface area contributed by atoms with Crippen molar-refractivity contribution in [3.63, 3.8) is 0 Å². The molecule has 1 amide bonds. The molecule has 0 radical (unpaired) electrons. The first-order valence-electron chi connectivity index (χ1n) is 7.01. The Hall–Kier alpha value is -1.82. The average Bonchev–Trinajstić information content (AvgIpc) is 2.72. The number of thiazole rings is 1. The van der Waals surface area contributed by atoms with E-state index in [1.807, 2.05) is 37.6 Å². The Morgan fingerprint density at radius 3 is 2.67 bits per heavy atom. The zero-order valence-corrected chi connectivity index (χ0v) is 13.2. The van der Waals surface area contributed by atoms with Crippen molar-refractivity contribution in [3.05, 3.63) is 16.9 Å². The van der Waals surface area contributed by atoms with Crippen molar-refractivity contribution >= 4 is 27.5 Å². The first kappa shape index (κ1) is 14.1. The molecule has 112 valence electrons. The third-order valence-electron chi connectivity index (χ3n) is 3.28. The highest BCUT2D eigenvalue weighted by Crippen LogP contribution is 2.35. The second-order valence-electron chi connectivity index (χ2n) is 5.51. The predicted octanol–water partition coefficient (Wildman–Crippen LogP) is 2.48. The van der Waals surface area contributed by atoms with Gasteiger partial charge in [0.2, 0.25) is 5.91 Å². The molecule has 3 rings (SSSR count). The van der Waals surface area contributed by atoms with Gasteiger partial charge < -0.3 is 14.0 Å². The van der Waals surface area contributed by atoms with Gasteiger partial charge in [0.1, 0.15) is 13.2 Å². The van der Waals surface area contributed by atoms with E-state index >= 15 is 0 Å². The van der Waals surface area contributed by atoms with Gasteiger partial charge in [-0.15, -0.1) is 0 Å². The van der Waals surface area contributed by atoms with Crippen molar-refractivity contribution < 1.29 is 14.3 Å². The average molecular weight is 306 g/mol. The van der Waals surface area contributed by atoms with E-state index in [9.17, 15) is 4.79 Å². The molecule has 21 heavy (non-hydrogen) atoms. The normalized spacial score (nSPS) is 15.0. The fraction of sp³-hybridized carbons (Fsp3) is 0.467. The summed E-state index contributed by atoms with van der Waals surface area (Å²) >= 11 is 1.49. The highest BCUT2D eigenvalue weighted by molar-refractivity contribution is 7.16. The van der Waals surface area contributed by atoms with Crippen LogP contribution in [0.1, 0.15) is 20.3 Å². The van der Waals surface area contributed by atoms with Gasteiger partial charge in [0.15, 0.2) is 16.3 Å². The van der Waals surface area contributed by atoms with Gasteiger partial charge in [-0.25, -0.2) is 0 Å². The minimum absolute atomic E-state index is 0.0792. The molecule has 0 saturated heterocycles. The summed E-state index contributed by atoms with van der Waals surface area (Å²) in [6.07, 6.45) is 0.469. The first-order chi connectivity index (χ1) is 10.0. The van der Waals surface area contributed by atoms with Crippen molar-refractivity contribution in [1.82, 2.24) is 4.57 Å². The molecule has 0 saturated carbocycles. The van der Waals surface area contributed by atoms with E-state index in [2.05, 4.69) is 4.99 Å². The van der Waals surface area contributed by atoms with E-state index in [0.717, 1.165) is 21.7 Å². The van der Waals surface area contributed by atoms with Crippen molar-refractivity contribution in [3.8, 4) is 11.5 Å². The number of benzene rings is 1. The maximum Gasteiger partial charge on any atom is 0.248 e. The molecule has 5 nitrogen and oxygen atoms in total. The van der Waals surface area contributed by atoms with Crippen molar-refractivity contribution in [2.75, 3.05) is 13.2 Å². The molecule has 0 spiro atoms. The number of aromatic nitrogens is 1. The third kappa shape index (κ3) is 2.81. The largest absolute Gasteiger partial charge is 0.486 e. The van der Waals surface area contributed by atoms with Crippen molar-refractivity contribution in [2.45, 2.75) is 20.3 Å². The Balaban J connectivity index is 2.07. The molecular formula is C15H18N2O3S. The van der Waals surface area contributed by atoms with E-state index in [-0.39, 0.29) is 5.91 Å². The monoisotopic (exact) mass is 306 g/mol. The number of aryl methyl sites for hydroxylation is 1. The number of hydrogen-bond donors (Lipinski definition) is 0. The minimum Gasteiger partial charge on any atom is -0.486 e. The lowest BCUT2D eigenvalue weighted by atomic mass is 10.1. The first-order valence-corrected chi connectivity index (χ1v) is 7.83. The van der Waals surface area contributed by atoms with Crippen molar-refractivity contribution in [1.29, 1.82) is 0 Å². The van der Waals surface area contributed by atoms with Gasteiger partial charge in [0.05, 0.1) is 10.2 Å². The second-order valence-corrected chi connectivity index (χ2v) is 6.52. The molecule has 6 heteroatoms. The maximum atomic E-state index is 11.9. The second kappa shape index (κ2) is 5.52. The van der Waals surface area contributed by atoms with E-state index < -0.39 is 0 Å². The van der Waals surface area contributed by atoms with Crippen LogP contribution in [0.2, 0.25) is 0 Å². The number of fused-ring (bicyclic) bond motifs is 2. The summed E-state index contributed by atoms with van der Waals surface area (Å²) in [6.45, 7) is 5.17. The molecule has 0 unspecified atom stereocenters. The molecule has 0 fully saturated rings. The van der Waals surface area contributed by atoms with Crippen molar-refractivity contribution in [2.24, 2.45) is 18.0 Å². The number of amides is 1. The fourth-order valence-corrected chi connectivity index (χ4v) is 3.32. The molecule has 1 aliphatic rings. The van der Waals surface area contributed by atoms with Crippen LogP contribution < -0.4 is 14.3 Å². The molecule has 0 bridgehead atoms. The molecule has 1 aromatic heterocycles. The van der Waals surface area contributed by atoms with Gasteiger partial charge in [-0.3, -0.25) is 4.79 Å². The van der Waals surface area contributed by atoms with E-state index in [0.29, 0.717) is 30.4 Å². The Labute approximate surface area is 126 Å². The van der Waals surface area contributed by atoms with Crippen LogP contribution in [0.3, 0.4) is 0 Å². The number of rotatable bonds is 2. The zero-order valence-electron chi connectivity index (χ0n) is 12.4. The number of ether oxygens (including phenoxy) is 2. The molecule has 0 aliphatic carbocycles. The molecule has 2 heterocycles. The Morgan fingerprint density at radius 1 is 1.33 bits per heavy atom. The van der Waals surface area contributed by atoms with E-state index in [4.69, 9.17) is 9.47 Å². The highest BCUT2D eigenvalue weighted by Gasteiger charge is 2.15. The van der Waals surface area contributed by atoms with Crippen LogP contribution in [-0.2, 0) is 11.8 Å². The third-order valence-corrected chi connectivity index (χ3v) is 4.37. The quantitative estimate of drug-likeness (QED) is 0.856. The minimum atomic E-state index is -0.0792. The summed E-state index contributed by atoms with van der Waals surface area (Å²) < 4.78 is 14.2. The topological polar surface area (TPSA) is 52.8 Å². The van der Waals surface area contributed by atoms with Gasteiger partial charge in [-0.05, 0) is 5.92 Å².